The van der Waals surface area contributed by atoms with Crippen LogP contribution in [0.1, 0.15) is 36.8 Å². The highest BCUT2D eigenvalue weighted by Crippen LogP contribution is 2.41. The monoisotopic (exact) mass is 287 g/mol. The Morgan fingerprint density at radius 2 is 2.00 bits per heavy atom. The van der Waals surface area contributed by atoms with Gasteiger partial charge in [0, 0.05) is 0 Å². The molecule has 20 heavy (non-hydrogen) atoms. The number of benzene rings is 1. The SMILES string of the molecule is O=C(O)CC1(c2ccccc2C(F)(F)F)CCCCN1. The number of hydrogen-bond donors (Lipinski definition) is 2. The number of nitrogens with one attached hydrogen (secondary N) is 1. The Bertz CT molecular complexity index is 493. The summed E-state index contributed by atoms with van der Waals surface area (Å²) in [5.74, 6) is -1.10. The fourth-order valence-corrected chi connectivity index (χ4v) is 2.85. The molecule has 0 spiro atoms. The summed E-state index contributed by atoms with van der Waals surface area (Å²) in [6, 6.07) is 5.23. The van der Waals surface area contributed by atoms with Crippen LogP contribution in [0.4, 0.5) is 13.2 Å². The molecule has 0 radical (unpaired) electrons. The molecular weight excluding hydrogens is 271 g/mol. The molecule has 0 aliphatic carbocycles. The molecule has 1 atom stereocenters. The number of aliphatic carboxylic acids is 1. The van der Waals surface area contributed by atoms with Crippen LogP contribution in [0.5, 0.6) is 0 Å². The first-order chi connectivity index (χ1) is 9.35. The summed E-state index contributed by atoms with van der Waals surface area (Å²) in [7, 11) is 0. The van der Waals surface area contributed by atoms with Crippen LogP contribution in [0.2, 0.25) is 0 Å². The van der Waals surface area contributed by atoms with Crippen molar-refractivity contribution in [2.75, 3.05) is 6.54 Å². The predicted molar refractivity (Wildman–Crippen MR) is 67.2 cm³/mol. The summed E-state index contributed by atoms with van der Waals surface area (Å²) in [6.07, 6.45) is -2.88. The normalized spacial score (nSPS) is 23.6. The summed E-state index contributed by atoms with van der Waals surface area (Å²) in [5, 5.41) is 12.1. The molecule has 2 N–H and O–H groups in total. The number of rotatable bonds is 3. The number of carbonyl (C=O) groups is 1. The molecule has 1 aliphatic rings. The highest BCUT2D eigenvalue weighted by atomic mass is 19.4. The van der Waals surface area contributed by atoms with Gasteiger partial charge in [-0.1, -0.05) is 18.2 Å². The third-order valence-corrected chi connectivity index (χ3v) is 3.69. The molecule has 3 nitrogen and oxygen atoms in total. The van der Waals surface area contributed by atoms with Gasteiger partial charge in [-0.25, -0.2) is 0 Å². The Morgan fingerprint density at radius 1 is 1.30 bits per heavy atom. The van der Waals surface area contributed by atoms with E-state index in [4.69, 9.17) is 5.11 Å². The van der Waals surface area contributed by atoms with Crippen LogP contribution in [0.25, 0.3) is 0 Å². The van der Waals surface area contributed by atoms with E-state index in [1.165, 1.54) is 18.2 Å². The van der Waals surface area contributed by atoms with Crippen molar-refractivity contribution in [1.82, 2.24) is 5.32 Å². The third-order valence-electron chi connectivity index (χ3n) is 3.69. The summed E-state index contributed by atoms with van der Waals surface area (Å²) >= 11 is 0. The Hall–Kier alpha value is -1.56. The van der Waals surface area contributed by atoms with Crippen molar-refractivity contribution in [1.29, 1.82) is 0 Å². The van der Waals surface area contributed by atoms with Crippen LogP contribution in [-0.2, 0) is 16.5 Å². The summed E-state index contributed by atoms with van der Waals surface area (Å²) < 4.78 is 39.4. The molecule has 6 heteroatoms. The van der Waals surface area contributed by atoms with Crippen molar-refractivity contribution >= 4 is 5.97 Å². The lowest BCUT2D eigenvalue weighted by molar-refractivity contribution is -0.143. The van der Waals surface area contributed by atoms with Crippen molar-refractivity contribution < 1.29 is 23.1 Å². The summed E-state index contributed by atoms with van der Waals surface area (Å²) in [5.41, 5.74) is -1.85. The molecule has 1 aromatic carbocycles. The molecular formula is C14H16F3NO2. The second-order valence-electron chi connectivity index (χ2n) is 5.08. The minimum Gasteiger partial charge on any atom is -0.481 e. The van der Waals surface area contributed by atoms with Gasteiger partial charge in [0.15, 0.2) is 0 Å². The van der Waals surface area contributed by atoms with E-state index >= 15 is 0 Å². The Kier molecular flexibility index (Phi) is 4.04. The number of carboxylic acid groups (broad SMARTS) is 1. The average molecular weight is 287 g/mol. The minimum atomic E-state index is -4.48. The summed E-state index contributed by atoms with van der Waals surface area (Å²) in [6.45, 7) is 0.527. The zero-order valence-electron chi connectivity index (χ0n) is 10.8. The zero-order chi connectivity index (χ0) is 14.8. The van der Waals surface area contributed by atoms with E-state index in [-0.39, 0.29) is 12.0 Å². The van der Waals surface area contributed by atoms with Gasteiger partial charge in [0.05, 0.1) is 17.5 Å². The number of piperidine rings is 1. The third kappa shape index (κ3) is 2.95. The lowest BCUT2D eigenvalue weighted by Crippen LogP contribution is -2.48. The molecule has 110 valence electrons. The lowest BCUT2D eigenvalue weighted by atomic mass is 9.77. The van der Waals surface area contributed by atoms with E-state index in [0.29, 0.717) is 19.4 Å². The molecule has 1 saturated heterocycles. The zero-order valence-corrected chi connectivity index (χ0v) is 10.8. The average Bonchev–Trinajstić information content (AvgIpc) is 2.38. The molecule has 1 heterocycles. The van der Waals surface area contributed by atoms with Crippen LogP contribution in [0.15, 0.2) is 24.3 Å². The maximum Gasteiger partial charge on any atom is 0.416 e. The molecule has 1 aliphatic heterocycles. The number of carboxylic acids is 1. The van der Waals surface area contributed by atoms with E-state index < -0.39 is 23.2 Å². The molecule has 1 aromatic rings. The molecule has 2 rings (SSSR count). The largest absolute Gasteiger partial charge is 0.481 e. The van der Waals surface area contributed by atoms with Crippen molar-refractivity contribution in [3.8, 4) is 0 Å². The lowest BCUT2D eigenvalue weighted by Gasteiger charge is -2.39. The van der Waals surface area contributed by atoms with E-state index in [2.05, 4.69) is 5.32 Å². The van der Waals surface area contributed by atoms with Gasteiger partial charge in [-0.05, 0) is 37.4 Å². The van der Waals surface area contributed by atoms with Crippen LogP contribution >= 0.6 is 0 Å². The van der Waals surface area contributed by atoms with E-state index in [1.807, 2.05) is 0 Å². The molecule has 0 bridgehead atoms. The quantitative estimate of drug-likeness (QED) is 0.898. The predicted octanol–water partition coefficient (Wildman–Crippen LogP) is 3.15. The first-order valence-electron chi connectivity index (χ1n) is 6.49. The number of halogens is 3. The van der Waals surface area contributed by atoms with Crippen LogP contribution in [-0.4, -0.2) is 17.6 Å². The number of alkyl halides is 3. The van der Waals surface area contributed by atoms with Crippen molar-refractivity contribution in [2.45, 2.75) is 37.4 Å². The molecule has 0 aromatic heterocycles. The smallest absolute Gasteiger partial charge is 0.416 e. The van der Waals surface area contributed by atoms with Crippen molar-refractivity contribution in [3.63, 3.8) is 0 Å². The van der Waals surface area contributed by atoms with Crippen molar-refractivity contribution in [2.24, 2.45) is 0 Å². The molecule has 1 unspecified atom stereocenters. The van der Waals surface area contributed by atoms with Crippen LogP contribution in [0.3, 0.4) is 0 Å². The van der Waals surface area contributed by atoms with E-state index in [0.717, 1.165) is 12.5 Å². The topological polar surface area (TPSA) is 49.3 Å². The fourth-order valence-electron chi connectivity index (χ4n) is 2.85. The standard InChI is InChI=1S/C14H16F3NO2/c15-14(16,17)11-6-2-1-5-10(11)13(9-12(19)20)7-3-4-8-18-13/h1-2,5-6,18H,3-4,7-9H2,(H,19,20). The van der Waals surface area contributed by atoms with Gasteiger partial charge in [-0.3, -0.25) is 4.79 Å². The Labute approximate surface area is 114 Å². The van der Waals surface area contributed by atoms with Gasteiger partial charge in [0.25, 0.3) is 0 Å². The van der Waals surface area contributed by atoms with Gasteiger partial charge >= 0.3 is 12.1 Å². The molecule has 0 saturated carbocycles. The van der Waals surface area contributed by atoms with Gasteiger partial charge < -0.3 is 10.4 Å². The fraction of sp³-hybridized carbons (Fsp3) is 0.500. The molecule has 1 fully saturated rings. The maximum atomic E-state index is 13.1. The van der Waals surface area contributed by atoms with Crippen LogP contribution < -0.4 is 5.32 Å². The van der Waals surface area contributed by atoms with E-state index in [1.54, 1.807) is 0 Å². The maximum absolute atomic E-state index is 13.1. The highest BCUT2D eigenvalue weighted by molar-refractivity contribution is 5.69. The van der Waals surface area contributed by atoms with Gasteiger partial charge in [0.2, 0.25) is 0 Å². The minimum absolute atomic E-state index is 0.0367. The first-order valence-corrected chi connectivity index (χ1v) is 6.49. The van der Waals surface area contributed by atoms with Gasteiger partial charge in [-0.15, -0.1) is 0 Å². The second-order valence-corrected chi connectivity index (χ2v) is 5.08. The second kappa shape index (κ2) is 5.44. The van der Waals surface area contributed by atoms with Gasteiger partial charge in [-0.2, -0.15) is 13.2 Å². The summed E-state index contributed by atoms with van der Waals surface area (Å²) in [4.78, 5) is 11.1. The number of hydrogen-bond acceptors (Lipinski definition) is 2. The van der Waals surface area contributed by atoms with Gasteiger partial charge in [0.1, 0.15) is 0 Å². The molecule has 0 amide bonds. The highest BCUT2D eigenvalue weighted by Gasteiger charge is 2.43. The Morgan fingerprint density at radius 3 is 2.55 bits per heavy atom. The Balaban J connectivity index is 2.51. The van der Waals surface area contributed by atoms with E-state index in [9.17, 15) is 18.0 Å². The van der Waals surface area contributed by atoms with Crippen molar-refractivity contribution in [3.05, 3.63) is 35.4 Å². The first kappa shape index (κ1) is 14.8. The van der Waals surface area contributed by atoms with Crippen LogP contribution in [0, 0.1) is 0 Å².